The van der Waals surface area contributed by atoms with E-state index in [0.29, 0.717) is 44.0 Å². The molecule has 0 aliphatic heterocycles. The minimum absolute atomic E-state index is 0.226. The molecular weight excluding hydrogens is 416 g/mol. The summed E-state index contributed by atoms with van der Waals surface area (Å²) in [6.45, 7) is 5.28. The minimum atomic E-state index is -3.22. The first-order valence-corrected chi connectivity index (χ1v) is 12.0. The van der Waals surface area contributed by atoms with E-state index in [0.717, 1.165) is 16.9 Å². The Balaban J connectivity index is 1.52. The third-order valence-electron chi connectivity index (χ3n) is 4.82. The lowest BCUT2D eigenvalue weighted by molar-refractivity contribution is 0.0952. The number of fused-ring (bicyclic) bond motifs is 1. The normalized spacial score (nSPS) is 11.7. The molecule has 1 amide bonds. The topological polar surface area (TPSA) is 93.0 Å². The molecule has 3 aromatic rings. The lowest BCUT2D eigenvalue weighted by atomic mass is 10.2. The molecule has 0 aliphatic carbocycles. The number of aryl methyl sites for hydroxylation is 1. The predicted molar refractivity (Wildman–Crippen MR) is 120 cm³/mol. The molecule has 0 atom stereocenters. The molecule has 0 fully saturated rings. The van der Waals surface area contributed by atoms with Gasteiger partial charge < -0.3 is 14.5 Å². The molecule has 0 aliphatic rings. The Morgan fingerprint density at radius 3 is 2.77 bits per heavy atom. The average molecular weight is 445 g/mol. The summed E-state index contributed by atoms with van der Waals surface area (Å²) in [6, 6.07) is 10.9. The number of aromatic nitrogens is 2. The molecule has 2 heterocycles. The van der Waals surface area contributed by atoms with Crippen molar-refractivity contribution in [2.45, 2.75) is 26.9 Å². The van der Waals surface area contributed by atoms with Crippen LogP contribution in [0.1, 0.15) is 35.0 Å². The van der Waals surface area contributed by atoms with Gasteiger partial charge in [0.25, 0.3) is 5.91 Å². The number of hydrogen-bond donors (Lipinski definition) is 1. The number of pyridine rings is 1. The van der Waals surface area contributed by atoms with E-state index in [1.54, 1.807) is 31.2 Å². The van der Waals surface area contributed by atoms with E-state index in [-0.39, 0.29) is 5.91 Å². The first kappa shape index (κ1) is 22.8. The summed E-state index contributed by atoms with van der Waals surface area (Å²) in [5.74, 6) is 0.353. The number of amides is 1. The second kappa shape index (κ2) is 9.93. The molecule has 166 valence electrons. The van der Waals surface area contributed by atoms with Crippen molar-refractivity contribution in [2.24, 2.45) is 0 Å². The first-order chi connectivity index (χ1) is 14.8. The van der Waals surface area contributed by atoms with Crippen molar-refractivity contribution in [2.75, 3.05) is 25.9 Å². The van der Waals surface area contributed by atoms with Crippen LogP contribution in [0.15, 0.2) is 48.8 Å². The smallest absolute Gasteiger partial charge is 0.251 e. The van der Waals surface area contributed by atoms with Gasteiger partial charge in [0.2, 0.25) is 10.0 Å². The highest BCUT2D eigenvalue weighted by Crippen LogP contribution is 2.16. The maximum Gasteiger partial charge on any atom is 0.251 e. The lowest BCUT2D eigenvalue weighted by Gasteiger charge is -2.17. The first-order valence-electron chi connectivity index (χ1n) is 10.2. The van der Waals surface area contributed by atoms with Crippen molar-refractivity contribution in [3.8, 4) is 5.75 Å². The van der Waals surface area contributed by atoms with Crippen LogP contribution in [0, 0.1) is 6.92 Å². The molecule has 2 aromatic heterocycles. The Kier molecular flexibility index (Phi) is 7.29. The zero-order chi connectivity index (χ0) is 22.4. The van der Waals surface area contributed by atoms with E-state index < -0.39 is 10.0 Å². The molecule has 0 saturated heterocycles. The van der Waals surface area contributed by atoms with Crippen molar-refractivity contribution in [3.05, 3.63) is 65.6 Å². The van der Waals surface area contributed by atoms with Gasteiger partial charge in [0.15, 0.2) is 0 Å². The number of nitrogens with zero attached hydrogens (tertiary/aromatic N) is 3. The molecule has 31 heavy (non-hydrogen) atoms. The summed E-state index contributed by atoms with van der Waals surface area (Å²) < 4.78 is 32.4. The van der Waals surface area contributed by atoms with E-state index in [9.17, 15) is 13.2 Å². The van der Waals surface area contributed by atoms with Crippen LogP contribution in [-0.4, -0.2) is 53.9 Å². The Hall–Kier alpha value is -2.91. The molecule has 0 bridgehead atoms. The monoisotopic (exact) mass is 444 g/mol. The Labute approximate surface area is 182 Å². The Bertz CT molecular complexity index is 1160. The zero-order valence-corrected chi connectivity index (χ0v) is 18.9. The van der Waals surface area contributed by atoms with E-state index in [4.69, 9.17) is 4.74 Å². The number of nitrogens with one attached hydrogen (secondary N) is 1. The maximum absolute atomic E-state index is 12.4. The number of ether oxygens (including phenoxy) is 1. The van der Waals surface area contributed by atoms with Crippen LogP contribution in [0.5, 0.6) is 5.75 Å². The summed E-state index contributed by atoms with van der Waals surface area (Å²) in [4.78, 5) is 16.9. The van der Waals surface area contributed by atoms with Gasteiger partial charge in [-0.25, -0.2) is 17.7 Å². The van der Waals surface area contributed by atoms with Gasteiger partial charge >= 0.3 is 0 Å². The highest BCUT2D eigenvalue weighted by Gasteiger charge is 2.14. The molecule has 0 saturated carbocycles. The van der Waals surface area contributed by atoms with E-state index in [2.05, 4.69) is 10.3 Å². The molecule has 0 spiro atoms. The molecule has 3 rings (SSSR count). The van der Waals surface area contributed by atoms with Gasteiger partial charge in [-0.1, -0.05) is 19.1 Å². The van der Waals surface area contributed by atoms with Gasteiger partial charge in [0.1, 0.15) is 18.0 Å². The third-order valence-corrected chi connectivity index (χ3v) is 6.20. The van der Waals surface area contributed by atoms with Gasteiger partial charge in [-0.05, 0) is 43.2 Å². The molecule has 0 radical (unpaired) electrons. The van der Waals surface area contributed by atoms with Crippen LogP contribution in [-0.2, 0) is 16.6 Å². The van der Waals surface area contributed by atoms with Crippen molar-refractivity contribution in [3.63, 3.8) is 0 Å². The number of benzene rings is 1. The number of carbonyl (C=O) groups excluding carboxylic acids is 1. The van der Waals surface area contributed by atoms with Crippen LogP contribution in [0.2, 0.25) is 0 Å². The second-order valence-corrected chi connectivity index (χ2v) is 9.37. The molecule has 1 aromatic carbocycles. The average Bonchev–Trinajstić information content (AvgIpc) is 3.13. The molecule has 9 heteroatoms. The zero-order valence-electron chi connectivity index (χ0n) is 18.0. The van der Waals surface area contributed by atoms with Gasteiger partial charge in [0.05, 0.1) is 11.9 Å². The maximum atomic E-state index is 12.4. The van der Waals surface area contributed by atoms with E-state index >= 15 is 0 Å². The van der Waals surface area contributed by atoms with Crippen molar-refractivity contribution < 1.29 is 17.9 Å². The van der Waals surface area contributed by atoms with E-state index in [1.807, 2.05) is 35.9 Å². The summed E-state index contributed by atoms with van der Waals surface area (Å²) in [5.41, 5.74) is 3.29. The Morgan fingerprint density at radius 2 is 2.03 bits per heavy atom. The van der Waals surface area contributed by atoms with Crippen LogP contribution in [0.3, 0.4) is 0 Å². The van der Waals surface area contributed by atoms with Gasteiger partial charge in [-0.3, -0.25) is 4.79 Å². The van der Waals surface area contributed by atoms with Crippen LogP contribution >= 0.6 is 0 Å². The summed E-state index contributed by atoms with van der Waals surface area (Å²) in [5, 5.41) is 2.82. The van der Waals surface area contributed by atoms with Gasteiger partial charge in [0, 0.05) is 37.6 Å². The Morgan fingerprint density at radius 1 is 1.23 bits per heavy atom. The van der Waals surface area contributed by atoms with Crippen molar-refractivity contribution in [1.82, 2.24) is 19.0 Å². The molecule has 0 unspecified atom stereocenters. The fourth-order valence-electron chi connectivity index (χ4n) is 3.23. The molecule has 1 N–H and O–H groups in total. The number of rotatable bonds is 10. The van der Waals surface area contributed by atoms with E-state index in [1.165, 1.54) is 10.6 Å². The number of imidazole rings is 1. The largest absolute Gasteiger partial charge is 0.487 e. The summed E-state index contributed by atoms with van der Waals surface area (Å²) in [6.07, 6.45) is 5.66. The summed E-state index contributed by atoms with van der Waals surface area (Å²) >= 11 is 0. The fourth-order valence-corrected chi connectivity index (χ4v) is 4.16. The van der Waals surface area contributed by atoms with Gasteiger partial charge in [-0.15, -0.1) is 0 Å². The molecular formula is C22H28N4O4S. The fraction of sp³-hybridized carbons (Fsp3) is 0.364. The van der Waals surface area contributed by atoms with Crippen LogP contribution < -0.4 is 10.1 Å². The third kappa shape index (κ3) is 6.28. The van der Waals surface area contributed by atoms with Crippen LogP contribution in [0.25, 0.3) is 5.65 Å². The molecule has 8 nitrogen and oxygen atoms in total. The van der Waals surface area contributed by atoms with Crippen molar-refractivity contribution in [1.29, 1.82) is 0 Å². The number of sulfonamides is 1. The standard InChI is InChI=1S/C22H28N4O4S/c1-4-26(31(3,28)29)12-6-11-23-22(27)18-7-5-8-20(13-18)30-16-19-15-25-14-17(2)9-10-21(25)24-19/h5,7-10,13-15H,4,6,11-12,16H2,1-3H3,(H,23,27). The SMILES string of the molecule is CCN(CCCNC(=O)c1cccc(OCc2cn3cc(C)ccc3n2)c1)S(C)(=O)=O. The predicted octanol–water partition coefficient (Wildman–Crippen LogP) is 2.62. The quantitative estimate of drug-likeness (QED) is 0.485. The minimum Gasteiger partial charge on any atom is -0.487 e. The summed E-state index contributed by atoms with van der Waals surface area (Å²) in [7, 11) is -3.22. The highest BCUT2D eigenvalue weighted by atomic mass is 32.2. The highest BCUT2D eigenvalue weighted by molar-refractivity contribution is 7.88. The van der Waals surface area contributed by atoms with Gasteiger partial charge in [-0.2, -0.15) is 0 Å². The lowest BCUT2D eigenvalue weighted by Crippen LogP contribution is -2.33. The number of hydrogen-bond acceptors (Lipinski definition) is 5. The van der Waals surface area contributed by atoms with Crippen LogP contribution in [0.4, 0.5) is 0 Å². The van der Waals surface area contributed by atoms with Crippen molar-refractivity contribution >= 4 is 21.6 Å². The number of carbonyl (C=O) groups is 1. The second-order valence-electron chi connectivity index (χ2n) is 7.38.